The number of ether oxygens (including phenoxy) is 3. The van der Waals surface area contributed by atoms with Crippen molar-refractivity contribution in [3.63, 3.8) is 0 Å². The molecule has 2 saturated heterocycles. The lowest BCUT2D eigenvalue weighted by atomic mass is 9.74. The Labute approximate surface area is 279 Å². The van der Waals surface area contributed by atoms with Crippen LogP contribution >= 0.6 is 0 Å². The monoisotopic (exact) mass is 654 g/mol. The predicted molar refractivity (Wildman–Crippen MR) is 181 cm³/mol. The van der Waals surface area contributed by atoms with Gasteiger partial charge in [-0.25, -0.2) is 4.79 Å². The van der Waals surface area contributed by atoms with Crippen molar-refractivity contribution in [3.8, 4) is 17.0 Å². The van der Waals surface area contributed by atoms with E-state index >= 15 is 0 Å². The first-order valence-corrected chi connectivity index (χ1v) is 16.9. The molecule has 2 fully saturated rings. The Balaban J connectivity index is 1.81. The summed E-state index contributed by atoms with van der Waals surface area (Å²) in [7, 11) is 3.32. The molecule has 3 atom stereocenters. The highest BCUT2D eigenvalue weighted by molar-refractivity contribution is 5.94. The minimum atomic E-state index is -1.08. The first kappa shape index (κ1) is 36.3. The summed E-state index contributed by atoms with van der Waals surface area (Å²) in [6, 6.07) is 10.6. The lowest BCUT2D eigenvalue weighted by Gasteiger charge is -2.52. The number of hydrogen-bond donors (Lipinski definition) is 1. The number of benzene rings is 1. The summed E-state index contributed by atoms with van der Waals surface area (Å²) in [4.78, 5) is 46.8. The van der Waals surface area contributed by atoms with Gasteiger partial charge in [-0.3, -0.25) is 9.59 Å². The van der Waals surface area contributed by atoms with Crippen LogP contribution in [0.2, 0.25) is 0 Å². The fourth-order valence-electron chi connectivity index (χ4n) is 7.23. The number of rotatable bonds is 12. The second-order valence-electron chi connectivity index (χ2n) is 14.2. The fraction of sp³-hybridized carbons (Fsp3) is 0.639. The molecule has 260 valence electrons. The van der Waals surface area contributed by atoms with Crippen molar-refractivity contribution in [2.45, 2.75) is 72.5 Å². The number of methoxy groups -OCH3 is 2. The number of amides is 3. The van der Waals surface area contributed by atoms with E-state index in [1.165, 1.54) is 4.90 Å². The molecule has 0 saturated carbocycles. The molecule has 1 N–H and O–H groups in total. The van der Waals surface area contributed by atoms with E-state index in [1.807, 2.05) is 62.1 Å². The number of piperidine rings is 1. The van der Waals surface area contributed by atoms with Gasteiger partial charge in [-0.2, -0.15) is 0 Å². The van der Waals surface area contributed by atoms with Crippen LogP contribution in [0.3, 0.4) is 0 Å². The summed E-state index contributed by atoms with van der Waals surface area (Å²) in [5.41, 5.74) is 1.78. The Hall–Kier alpha value is -3.57. The lowest BCUT2D eigenvalue weighted by molar-refractivity contribution is -0.144. The highest BCUT2D eigenvalue weighted by Crippen LogP contribution is 2.39. The minimum absolute atomic E-state index is 0.0752. The lowest BCUT2D eigenvalue weighted by Crippen LogP contribution is -2.66. The van der Waals surface area contributed by atoms with Gasteiger partial charge in [0.15, 0.2) is 0 Å². The molecule has 11 nitrogen and oxygen atoms in total. The Morgan fingerprint density at radius 3 is 2.36 bits per heavy atom. The number of likely N-dealkylation sites (tertiary alicyclic amines) is 1. The molecule has 1 aromatic heterocycles. The Morgan fingerprint density at radius 1 is 1.04 bits per heavy atom. The summed E-state index contributed by atoms with van der Waals surface area (Å²) in [6.07, 6.45) is 0.934. The zero-order chi connectivity index (χ0) is 34.3. The van der Waals surface area contributed by atoms with Crippen molar-refractivity contribution >= 4 is 17.9 Å². The van der Waals surface area contributed by atoms with E-state index < -0.39 is 29.5 Å². The summed E-state index contributed by atoms with van der Waals surface area (Å²) in [6.45, 7) is 13.8. The maximum absolute atomic E-state index is 15.0. The number of carboxylic acid groups (broad SMARTS) is 1. The van der Waals surface area contributed by atoms with Gasteiger partial charge >= 0.3 is 6.09 Å². The van der Waals surface area contributed by atoms with Crippen molar-refractivity contribution in [3.05, 3.63) is 42.1 Å². The van der Waals surface area contributed by atoms with Gasteiger partial charge in [-0.15, -0.1) is 0 Å². The molecule has 3 amide bonds. The van der Waals surface area contributed by atoms with Crippen LogP contribution in [0.1, 0.15) is 64.4 Å². The summed E-state index contributed by atoms with van der Waals surface area (Å²) in [5.74, 6) is 0.0000986. The third kappa shape index (κ3) is 8.48. The Bertz CT molecular complexity index is 1360. The molecule has 0 bridgehead atoms. The quantitative estimate of drug-likeness (QED) is 0.308. The molecule has 0 aliphatic carbocycles. The molecule has 4 rings (SSSR count). The van der Waals surface area contributed by atoms with E-state index in [0.717, 1.165) is 24.1 Å². The van der Waals surface area contributed by atoms with Crippen LogP contribution in [-0.2, 0) is 20.8 Å². The van der Waals surface area contributed by atoms with Crippen LogP contribution < -0.4 is 4.74 Å². The molecule has 0 spiro atoms. The molecule has 0 radical (unpaired) electrons. The van der Waals surface area contributed by atoms with Gasteiger partial charge in [0.1, 0.15) is 11.4 Å². The maximum atomic E-state index is 15.0. The van der Waals surface area contributed by atoms with Crippen LogP contribution in [0.5, 0.6) is 5.75 Å². The second kappa shape index (κ2) is 16.0. The van der Waals surface area contributed by atoms with E-state index in [2.05, 4.69) is 18.4 Å². The zero-order valence-corrected chi connectivity index (χ0v) is 29.2. The average molecular weight is 655 g/mol. The van der Waals surface area contributed by atoms with Crippen molar-refractivity contribution in [2.75, 3.05) is 60.2 Å². The minimum Gasteiger partial charge on any atom is -0.496 e. The van der Waals surface area contributed by atoms with E-state index in [-0.39, 0.29) is 24.3 Å². The van der Waals surface area contributed by atoms with Gasteiger partial charge in [0.2, 0.25) is 5.91 Å². The summed E-state index contributed by atoms with van der Waals surface area (Å²) in [5, 5.41) is 10.5. The van der Waals surface area contributed by atoms with Gasteiger partial charge in [-0.1, -0.05) is 46.8 Å². The first-order chi connectivity index (χ1) is 22.4. The SMILES string of the molecule is COCCCCn1c(C(=O)N(CC(C)C)[C@H]2C[C@@H](C(=O)N3CCOCC3)CN(C(=O)O)C2C(C)(C)C)ccc1-c1ccccc1OC. The van der Waals surface area contributed by atoms with Crippen LogP contribution in [0.4, 0.5) is 4.79 Å². The van der Waals surface area contributed by atoms with Crippen molar-refractivity contribution < 1.29 is 33.7 Å². The Kier molecular flexibility index (Phi) is 12.4. The summed E-state index contributed by atoms with van der Waals surface area (Å²) < 4.78 is 18.5. The van der Waals surface area contributed by atoms with Crippen molar-refractivity contribution in [1.29, 1.82) is 0 Å². The van der Waals surface area contributed by atoms with Crippen LogP contribution in [0.15, 0.2) is 36.4 Å². The van der Waals surface area contributed by atoms with Crippen molar-refractivity contribution in [1.82, 2.24) is 19.3 Å². The van der Waals surface area contributed by atoms with Gasteiger partial charge in [0.25, 0.3) is 5.91 Å². The van der Waals surface area contributed by atoms with Gasteiger partial charge in [0, 0.05) is 52.0 Å². The van der Waals surface area contributed by atoms with Gasteiger partial charge in [0.05, 0.1) is 44.0 Å². The number of carbonyl (C=O) groups is 3. The summed E-state index contributed by atoms with van der Waals surface area (Å²) >= 11 is 0. The normalized spacial score (nSPS) is 20.4. The van der Waals surface area contributed by atoms with E-state index in [9.17, 15) is 19.5 Å². The van der Waals surface area contributed by atoms with E-state index in [4.69, 9.17) is 14.2 Å². The number of nitrogens with zero attached hydrogens (tertiary/aromatic N) is 4. The molecule has 2 aliphatic heterocycles. The maximum Gasteiger partial charge on any atom is 0.407 e. The zero-order valence-electron chi connectivity index (χ0n) is 29.2. The van der Waals surface area contributed by atoms with Crippen LogP contribution in [0.25, 0.3) is 11.3 Å². The van der Waals surface area contributed by atoms with Gasteiger partial charge in [-0.05, 0) is 54.9 Å². The highest BCUT2D eigenvalue weighted by atomic mass is 16.5. The molecule has 1 aromatic carbocycles. The molecule has 1 unspecified atom stereocenters. The van der Waals surface area contributed by atoms with Crippen LogP contribution in [0, 0.1) is 17.3 Å². The number of para-hydroxylation sites is 1. The predicted octanol–water partition coefficient (Wildman–Crippen LogP) is 5.33. The molecule has 2 aromatic rings. The molecule has 3 heterocycles. The third-order valence-electron chi connectivity index (χ3n) is 9.23. The van der Waals surface area contributed by atoms with Crippen LogP contribution in [-0.4, -0.2) is 115 Å². The highest BCUT2D eigenvalue weighted by Gasteiger charge is 2.50. The third-order valence-corrected chi connectivity index (χ3v) is 9.23. The first-order valence-electron chi connectivity index (χ1n) is 16.9. The Morgan fingerprint density at radius 2 is 1.74 bits per heavy atom. The van der Waals surface area contributed by atoms with Gasteiger partial charge < -0.3 is 38.6 Å². The topological polar surface area (TPSA) is 114 Å². The standard InChI is InChI=1S/C36H54N4O7/c1-25(2)23-39(30-22-26(33(41)37-17-20-47-21-18-37)24-40(35(43)44)32(30)36(3,4)5)34(42)29-15-14-28(38(29)16-10-11-19-45-6)27-12-8-9-13-31(27)46-7/h8-9,12-15,25-26,30,32H,10-11,16-24H2,1-7H3,(H,43,44)/t26-,30+,32?/m1/s1. The largest absolute Gasteiger partial charge is 0.496 e. The fourth-order valence-corrected chi connectivity index (χ4v) is 7.23. The number of aromatic nitrogens is 1. The number of morpholine rings is 1. The molecule has 47 heavy (non-hydrogen) atoms. The number of hydrogen-bond acceptors (Lipinski definition) is 6. The van der Waals surface area contributed by atoms with E-state index in [1.54, 1.807) is 19.1 Å². The van der Waals surface area contributed by atoms with Crippen molar-refractivity contribution in [2.24, 2.45) is 17.3 Å². The molecular formula is C36H54N4O7. The van der Waals surface area contributed by atoms with E-state index in [0.29, 0.717) is 63.9 Å². The number of carbonyl (C=O) groups excluding carboxylic acids is 2. The number of unbranched alkanes of at least 4 members (excludes halogenated alkanes) is 1. The smallest absolute Gasteiger partial charge is 0.407 e. The molecule has 11 heteroatoms. The second-order valence-corrected chi connectivity index (χ2v) is 14.2. The average Bonchev–Trinajstić information content (AvgIpc) is 3.47. The molecular weight excluding hydrogens is 600 g/mol. The molecule has 2 aliphatic rings.